The van der Waals surface area contributed by atoms with Gasteiger partial charge in [-0.1, -0.05) is 53.3 Å². The highest BCUT2D eigenvalue weighted by Crippen LogP contribution is 2.33. The maximum absolute atomic E-state index is 13.6. The zero-order valence-corrected chi connectivity index (χ0v) is 22.5. The van der Waals surface area contributed by atoms with Crippen molar-refractivity contribution in [3.8, 4) is 5.75 Å². The average Bonchev–Trinajstić information content (AvgIpc) is 3.52. The van der Waals surface area contributed by atoms with Gasteiger partial charge in [0.2, 0.25) is 0 Å². The smallest absolute Gasteiger partial charge is 0.338 e. The Morgan fingerprint density at radius 1 is 1.16 bits per heavy atom. The van der Waals surface area contributed by atoms with Crippen molar-refractivity contribution in [3.63, 3.8) is 0 Å². The molecule has 4 aromatic rings. The number of fused-ring (bicyclic) bond motifs is 1. The van der Waals surface area contributed by atoms with Gasteiger partial charge in [-0.15, -0.1) is 11.3 Å². The van der Waals surface area contributed by atoms with Crippen LogP contribution in [0.25, 0.3) is 6.08 Å². The van der Waals surface area contributed by atoms with Gasteiger partial charge >= 0.3 is 5.97 Å². The molecule has 0 radical (unpaired) electrons. The lowest BCUT2D eigenvalue weighted by molar-refractivity contribution is -0.139. The summed E-state index contributed by atoms with van der Waals surface area (Å²) in [4.78, 5) is 32.5. The van der Waals surface area contributed by atoms with Gasteiger partial charge in [-0.25, -0.2) is 9.79 Å². The Kier molecular flexibility index (Phi) is 7.41. The zero-order chi connectivity index (χ0) is 25.9. The molecule has 2 aromatic carbocycles. The van der Waals surface area contributed by atoms with E-state index in [0.29, 0.717) is 38.0 Å². The lowest BCUT2D eigenvalue weighted by Gasteiger charge is -2.23. The fraction of sp³-hybridized carbons (Fsp3) is 0.179. The van der Waals surface area contributed by atoms with Crippen LogP contribution in [0.15, 0.2) is 87.1 Å². The van der Waals surface area contributed by atoms with Crippen LogP contribution in [0.3, 0.4) is 0 Å². The summed E-state index contributed by atoms with van der Waals surface area (Å²) in [6, 6.07) is 18.3. The molecule has 0 N–H and O–H groups in total. The Hall–Kier alpha value is -3.46. The molecule has 188 valence electrons. The average molecular weight is 551 g/mol. The first-order chi connectivity index (χ1) is 17.9. The van der Waals surface area contributed by atoms with E-state index >= 15 is 0 Å². The summed E-state index contributed by atoms with van der Waals surface area (Å²) in [6.07, 6.45) is 1.83. The van der Waals surface area contributed by atoms with E-state index in [1.54, 1.807) is 18.4 Å². The minimum Gasteiger partial charge on any atom is -0.489 e. The molecular formula is C28H23ClN2O4S2. The van der Waals surface area contributed by atoms with Gasteiger partial charge in [0.05, 0.1) is 22.4 Å². The molecule has 0 amide bonds. The number of esters is 1. The van der Waals surface area contributed by atoms with Gasteiger partial charge in [0, 0.05) is 9.90 Å². The predicted molar refractivity (Wildman–Crippen MR) is 147 cm³/mol. The van der Waals surface area contributed by atoms with Crippen molar-refractivity contribution in [1.29, 1.82) is 0 Å². The van der Waals surface area contributed by atoms with Gasteiger partial charge in [0.15, 0.2) is 4.80 Å². The van der Waals surface area contributed by atoms with Crippen LogP contribution in [0.1, 0.15) is 35.9 Å². The molecule has 0 fully saturated rings. The molecule has 6 nitrogen and oxygen atoms in total. The van der Waals surface area contributed by atoms with Gasteiger partial charge in [-0.2, -0.15) is 0 Å². The third-order valence-corrected chi connectivity index (χ3v) is 7.94. The maximum atomic E-state index is 13.6. The Morgan fingerprint density at radius 2 is 1.97 bits per heavy atom. The molecule has 0 aliphatic carbocycles. The van der Waals surface area contributed by atoms with Gasteiger partial charge in [-0.05, 0) is 66.8 Å². The minimum atomic E-state index is -0.570. The molecule has 9 heteroatoms. The first kappa shape index (κ1) is 25.2. The van der Waals surface area contributed by atoms with Crippen molar-refractivity contribution in [2.24, 2.45) is 4.99 Å². The molecule has 0 saturated carbocycles. The monoisotopic (exact) mass is 550 g/mol. The summed E-state index contributed by atoms with van der Waals surface area (Å²) < 4.78 is 13.3. The van der Waals surface area contributed by atoms with E-state index in [1.165, 1.54) is 22.7 Å². The summed E-state index contributed by atoms with van der Waals surface area (Å²) in [5.41, 5.74) is 2.60. The van der Waals surface area contributed by atoms with Crippen LogP contribution in [0.5, 0.6) is 5.75 Å². The number of allylic oxidation sites excluding steroid dienone is 1. The number of thiophene rings is 1. The maximum Gasteiger partial charge on any atom is 0.338 e. The normalized spacial score (nSPS) is 15.3. The molecule has 0 unspecified atom stereocenters. The third kappa shape index (κ3) is 5.32. The van der Waals surface area contributed by atoms with E-state index in [1.807, 2.05) is 72.1 Å². The molecule has 2 aromatic heterocycles. The predicted octanol–water partition coefficient (Wildman–Crippen LogP) is 5.09. The highest BCUT2D eigenvalue weighted by molar-refractivity contribution is 7.10. The number of carbonyl (C=O) groups excluding carboxylic acids is 1. The number of hydrogen-bond donors (Lipinski definition) is 0. The molecule has 37 heavy (non-hydrogen) atoms. The summed E-state index contributed by atoms with van der Waals surface area (Å²) in [5.74, 6) is 0.260. The number of aromatic nitrogens is 1. The number of hydrogen-bond acceptors (Lipinski definition) is 7. The van der Waals surface area contributed by atoms with Gasteiger partial charge < -0.3 is 9.47 Å². The molecule has 5 rings (SSSR count). The Balaban J connectivity index is 1.46. The molecule has 3 heterocycles. The number of benzene rings is 2. The van der Waals surface area contributed by atoms with E-state index in [-0.39, 0.29) is 12.2 Å². The van der Waals surface area contributed by atoms with Crippen molar-refractivity contribution in [2.75, 3.05) is 6.61 Å². The number of rotatable bonds is 7. The molecular weight excluding hydrogens is 528 g/mol. The summed E-state index contributed by atoms with van der Waals surface area (Å²) >= 11 is 8.84. The van der Waals surface area contributed by atoms with E-state index in [4.69, 9.17) is 21.1 Å². The Morgan fingerprint density at radius 3 is 2.68 bits per heavy atom. The second-order valence-corrected chi connectivity index (χ2v) is 10.7. The first-order valence-corrected chi connectivity index (χ1v) is 13.7. The Labute approximate surface area is 226 Å². The minimum absolute atomic E-state index is 0.197. The van der Waals surface area contributed by atoms with Gasteiger partial charge in [-0.3, -0.25) is 9.36 Å². The number of thiazole rings is 1. The zero-order valence-electron chi connectivity index (χ0n) is 20.1. The van der Waals surface area contributed by atoms with Crippen molar-refractivity contribution < 1.29 is 14.3 Å². The van der Waals surface area contributed by atoms with Crippen LogP contribution in [0.4, 0.5) is 0 Å². The number of nitrogens with zero attached hydrogens (tertiary/aromatic N) is 2. The van der Waals surface area contributed by atoms with Crippen molar-refractivity contribution in [1.82, 2.24) is 4.57 Å². The van der Waals surface area contributed by atoms with E-state index in [2.05, 4.69) is 4.99 Å². The SMILES string of the molecule is CCOC(=O)C1=C(C)N=c2s/c(=C\c3ccc(OCc4cccc(Cl)c4)cc3)c(=O)n2[C@@H]1c1cccs1. The van der Waals surface area contributed by atoms with Crippen LogP contribution in [-0.4, -0.2) is 17.1 Å². The van der Waals surface area contributed by atoms with Crippen LogP contribution in [-0.2, 0) is 16.1 Å². The summed E-state index contributed by atoms with van der Waals surface area (Å²) in [6.45, 7) is 4.20. The molecule has 1 aliphatic heterocycles. The van der Waals surface area contributed by atoms with Crippen molar-refractivity contribution in [2.45, 2.75) is 26.5 Å². The van der Waals surface area contributed by atoms with Crippen LogP contribution >= 0.6 is 34.3 Å². The highest BCUT2D eigenvalue weighted by Gasteiger charge is 2.33. The third-order valence-electron chi connectivity index (χ3n) is 5.80. The lowest BCUT2D eigenvalue weighted by atomic mass is 10.0. The van der Waals surface area contributed by atoms with Crippen LogP contribution in [0, 0.1) is 0 Å². The lowest BCUT2D eigenvalue weighted by Crippen LogP contribution is -2.39. The number of halogens is 1. The molecule has 1 atom stereocenters. The van der Waals surface area contributed by atoms with Crippen molar-refractivity contribution in [3.05, 3.63) is 118 Å². The molecule has 0 bridgehead atoms. The fourth-order valence-corrected chi connectivity index (χ4v) is 6.20. The quantitative estimate of drug-likeness (QED) is 0.300. The fourth-order valence-electron chi connectivity index (χ4n) is 4.11. The summed E-state index contributed by atoms with van der Waals surface area (Å²) in [7, 11) is 0. The second-order valence-electron chi connectivity index (χ2n) is 8.31. The van der Waals surface area contributed by atoms with E-state index < -0.39 is 12.0 Å². The van der Waals surface area contributed by atoms with Gasteiger partial charge in [0.1, 0.15) is 18.4 Å². The first-order valence-electron chi connectivity index (χ1n) is 11.6. The van der Waals surface area contributed by atoms with Crippen LogP contribution < -0.4 is 19.6 Å². The Bertz CT molecular complexity index is 1650. The summed E-state index contributed by atoms with van der Waals surface area (Å²) in [5, 5.41) is 2.60. The van der Waals surface area contributed by atoms with Crippen LogP contribution in [0.2, 0.25) is 5.02 Å². The topological polar surface area (TPSA) is 69.9 Å². The van der Waals surface area contributed by atoms with Crippen molar-refractivity contribution >= 4 is 46.3 Å². The highest BCUT2D eigenvalue weighted by atomic mass is 35.5. The standard InChI is InChI=1S/C28H23ClN2O4S2/c1-3-34-27(33)24-17(2)30-28-31(25(24)22-8-5-13-36-22)26(32)23(37-28)15-18-9-11-21(12-10-18)35-16-19-6-4-7-20(29)14-19/h4-15,25H,3,16H2,1-2H3/b23-15-/t25-/m1/s1. The largest absolute Gasteiger partial charge is 0.489 e. The molecule has 0 spiro atoms. The number of carbonyl (C=O) groups is 1. The second kappa shape index (κ2) is 10.9. The number of ether oxygens (including phenoxy) is 2. The van der Waals surface area contributed by atoms with E-state index in [9.17, 15) is 9.59 Å². The molecule has 0 saturated heterocycles. The van der Waals surface area contributed by atoms with Gasteiger partial charge in [0.25, 0.3) is 5.56 Å². The molecule has 1 aliphatic rings. The van der Waals surface area contributed by atoms with E-state index in [0.717, 1.165) is 16.0 Å².